The maximum Gasteiger partial charge on any atom is 0.408 e. The predicted octanol–water partition coefficient (Wildman–Crippen LogP) is 4.06. The van der Waals surface area contributed by atoms with E-state index in [9.17, 15) is 9.59 Å². The fourth-order valence-corrected chi connectivity index (χ4v) is 4.70. The highest BCUT2D eigenvalue weighted by molar-refractivity contribution is 6.10. The van der Waals surface area contributed by atoms with E-state index in [0.29, 0.717) is 30.9 Å². The number of nitrogens with one attached hydrogen (secondary N) is 1. The van der Waals surface area contributed by atoms with E-state index in [4.69, 9.17) is 14.2 Å². The Hall–Kier alpha value is -2.77. The van der Waals surface area contributed by atoms with Crippen molar-refractivity contribution in [3.63, 3.8) is 0 Å². The zero-order valence-corrected chi connectivity index (χ0v) is 19.0. The van der Waals surface area contributed by atoms with Crippen molar-refractivity contribution < 1.29 is 23.8 Å². The van der Waals surface area contributed by atoms with Crippen LogP contribution in [0, 0.1) is 11.8 Å². The summed E-state index contributed by atoms with van der Waals surface area (Å²) in [5.41, 5.74) is 1.38. The van der Waals surface area contributed by atoms with Gasteiger partial charge in [0.15, 0.2) is 5.79 Å². The van der Waals surface area contributed by atoms with Gasteiger partial charge in [0.1, 0.15) is 5.60 Å². The van der Waals surface area contributed by atoms with Gasteiger partial charge in [-0.25, -0.2) is 9.79 Å². The molecule has 0 unspecified atom stereocenters. The van der Waals surface area contributed by atoms with Gasteiger partial charge >= 0.3 is 6.09 Å². The van der Waals surface area contributed by atoms with Crippen LogP contribution < -0.4 is 5.32 Å². The van der Waals surface area contributed by atoms with Crippen molar-refractivity contribution in [1.29, 1.82) is 0 Å². The third kappa shape index (κ3) is 4.40. The summed E-state index contributed by atoms with van der Waals surface area (Å²) < 4.78 is 17.7. The van der Waals surface area contributed by atoms with Gasteiger partial charge in [-0.3, -0.25) is 4.79 Å². The molecule has 2 aliphatic carbocycles. The van der Waals surface area contributed by atoms with Gasteiger partial charge in [0.2, 0.25) is 0 Å². The summed E-state index contributed by atoms with van der Waals surface area (Å²) in [7, 11) is 0. The van der Waals surface area contributed by atoms with Gasteiger partial charge in [0, 0.05) is 17.4 Å². The predicted molar refractivity (Wildman–Crippen MR) is 120 cm³/mol. The molecule has 3 aliphatic rings. The molecular weight excluding hydrogens is 408 g/mol. The van der Waals surface area contributed by atoms with E-state index in [1.807, 2.05) is 64.1 Å². The highest BCUT2D eigenvalue weighted by Gasteiger charge is 2.55. The van der Waals surface area contributed by atoms with Crippen molar-refractivity contribution in [2.24, 2.45) is 16.8 Å². The summed E-state index contributed by atoms with van der Waals surface area (Å²) in [6.45, 7) is 8.40. The highest BCUT2D eigenvalue weighted by Crippen LogP contribution is 2.48. The molecule has 4 rings (SSSR count). The highest BCUT2D eigenvalue weighted by atomic mass is 16.7. The first kappa shape index (κ1) is 22.4. The Morgan fingerprint density at radius 3 is 2.50 bits per heavy atom. The monoisotopic (exact) mass is 438 g/mol. The summed E-state index contributed by atoms with van der Waals surface area (Å²) in [4.78, 5) is 30.0. The second-order valence-corrected chi connectivity index (χ2v) is 9.37. The molecule has 32 heavy (non-hydrogen) atoms. The van der Waals surface area contributed by atoms with Gasteiger partial charge in [-0.05, 0) is 57.9 Å². The smallest absolute Gasteiger partial charge is 0.408 e. The molecule has 3 atom stereocenters. The number of amides is 2. The van der Waals surface area contributed by atoms with Gasteiger partial charge in [-0.1, -0.05) is 30.4 Å². The number of aliphatic imine (C=N–C) groups is 1. The molecular formula is C25H30N2O5. The quantitative estimate of drug-likeness (QED) is 0.704. The minimum Gasteiger partial charge on any atom is -0.444 e. The van der Waals surface area contributed by atoms with Crippen molar-refractivity contribution in [2.45, 2.75) is 51.5 Å². The van der Waals surface area contributed by atoms with Crippen LogP contribution in [0.25, 0.3) is 0 Å². The number of hydrogen-bond acceptors (Lipinski definition) is 5. The molecule has 0 bridgehead atoms. The molecule has 170 valence electrons. The van der Waals surface area contributed by atoms with E-state index >= 15 is 0 Å². The number of allylic oxidation sites excluding steroid dienone is 2. The zero-order valence-electron chi connectivity index (χ0n) is 19.0. The largest absolute Gasteiger partial charge is 0.444 e. The van der Waals surface area contributed by atoms with E-state index in [1.54, 1.807) is 12.1 Å². The van der Waals surface area contributed by atoms with Crippen LogP contribution in [-0.4, -0.2) is 48.4 Å². The van der Waals surface area contributed by atoms with E-state index in [2.05, 4.69) is 10.3 Å². The Morgan fingerprint density at radius 1 is 1.16 bits per heavy atom. The Labute approximate surface area is 188 Å². The summed E-state index contributed by atoms with van der Waals surface area (Å²) in [5, 5.41) is 2.96. The number of fused-ring (bicyclic) bond motifs is 2. The van der Waals surface area contributed by atoms with Crippen LogP contribution in [0.4, 0.5) is 4.79 Å². The van der Waals surface area contributed by atoms with Crippen molar-refractivity contribution in [1.82, 2.24) is 5.32 Å². The Kier molecular flexibility index (Phi) is 6.05. The normalized spacial score (nSPS) is 27.7. The molecule has 1 spiro atoms. The van der Waals surface area contributed by atoms with Crippen LogP contribution >= 0.6 is 0 Å². The lowest BCUT2D eigenvalue weighted by molar-refractivity contribution is -0.176. The number of nitrogens with zero attached hydrogens (tertiary/aromatic N) is 1. The van der Waals surface area contributed by atoms with Gasteiger partial charge in [0.05, 0.1) is 25.0 Å². The van der Waals surface area contributed by atoms with Crippen molar-refractivity contribution in [2.75, 3.05) is 13.2 Å². The number of carbonyl (C=O) groups is 2. The van der Waals surface area contributed by atoms with E-state index in [-0.39, 0.29) is 17.7 Å². The molecule has 1 aromatic carbocycles. The number of benzene rings is 1. The topological polar surface area (TPSA) is 86.2 Å². The number of carbonyl (C=O) groups excluding carboxylic acids is 2. The molecule has 0 aromatic heterocycles. The van der Waals surface area contributed by atoms with E-state index in [0.717, 1.165) is 5.57 Å². The van der Waals surface area contributed by atoms with Crippen LogP contribution in [0.2, 0.25) is 0 Å². The molecule has 1 aromatic rings. The Balaban J connectivity index is 1.72. The van der Waals surface area contributed by atoms with Crippen LogP contribution in [0.1, 0.15) is 44.5 Å². The lowest BCUT2D eigenvalue weighted by atomic mass is 9.67. The third-order valence-corrected chi connectivity index (χ3v) is 5.95. The van der Waals surface area contributed by atoms with Crippen molar-refractivity contribution >= 4 is 17.7 Å². The molecule has 2 amide bonds. The summed E-state index contributed by atoms with van der Waals surface area (Å²) in [5.74, 6) is -1.64. The maximum atomic E-state index is 12.9. The lowest BCUT2D eigenvalue weighted by Crippen LogP contribution is -2.57. The zero-order chi connectivity index (χ0) is 22.9. The average Bonchev–Trinajstić information content (AvgIpc) is 3.22. The van der Waals surface area contributed by atoms with Gasteiger partial charge in [-0.2, -0.15) is 0 Å². The average molecular weight is 439 g/mol. The molecule has 1 fully saturated rings. The molecule has 7 heteroatoms. The minimum atomic E-state index is -0.877. The Morgan fingerprint density at radius 2 is 1.84 bits per heavy atom. The van der Waals surface area contributed by atoms with E-state index in [1.165, 1.54) is 0 Å². The molecule has 7 nitrogen and oxygen atoms in total. The van der Waals surface area contributed by atoms with E-state index < -0.39 is 23.5 Å². The van der Waals surface area contributed by atoms with Crippen LogP contribution in [0.5, 0.6) is 0 Å². The summed E-state index contributed by atoms with van der Waals surface area (Å²) >= 11 is 0. The molecule has 1 saturated heterocycles. The fraction of sp³-hybridized carbons (Fsp3) is 0.480. The SMILES string of the molecule is CC1=CC(=NC(=O)c2ccccc2)[C@@H]2[C@H](NC(=O)OC(C)(C)C)C=CC[C@@H]2C12OCCO2. The first-order valence-electron chi connectivity index (χ1n) is 11.0. The van der Waals surface area contributed by atoms with Crippen molar-refractivity contribution in [3.05, 3.63) is 59.7 Å². The van der Waals surface area contributed by atoms with Crippen LogP contribution in [0.15, 0.2) is 59.1 Å². The van der Waals surface area contributed by atoms with Crippen molar-refractivity contribution in [3.8, 4) is 0 Å². The number of ether oxygens (including phenoxy) is 3. The van der Waals surface area contributed by atoms with Gasteiger partial charge < -0.3 is 19.5 Å². The van der Waals surface area contributed by atoms with Crippen LogP contribution in [-0.2, 0) is 14.2 Å². The molecule has 0 radical (unpaired) electrons. The Bertz CT molecular complexity index is 968. The maximum absolute atomic E-state index is 12.9. The molecule has 1 heterocycles. The summed E-state index contributed by atoms with van der Waals surface area (Å²) in [6, 6.07) is 8.54. The fourth-order valence-electron chi connectivity index (χ4n) is 4.70. The number of rotatable bonds is 2. The molecule has 1 N–H and O–H groups in total. The number of alkyl carbamates (subject to hydrolysis) is 1. The first-order chi connectivity index (χ1) is 15.2. The standard InChI is InChI=1S/C25H30N2O5/c1-16-15-20(26-22(28)17-9-6-5-7-10-17)21-18(25(16)30-13-14-31-25)11-8-12-19(21)27-23(29)32-24(2,3)4/h5-10,12,15,18-19,21H,11,13-14H2,1-4H3,(H,27,29)/t18-,19+,21-/m0/s1. The second-order valence-electron chi connectivity index (χ2n) is 9.37. The van der Waals surface area contributed by atoms with Crippen LogP contribution in [0.3, 0.4) is 0 Å². The molecule has 1 aliphatic heterocycles. The van der Waals surface area contributed by atoms with Gasteiger partial charge in [0.25, 0.3) is 5.91 Å². The van der Waals surface area contributed by atoms with Gasteiger partial charge in [-0.15, -0.1) is 0 Å². The lowest BCUT2D eigenvalue weighted by Gasteiger charge is -2.47. The third-order valence-electron chi connectivity index (χ3n) is 5.95. The minimum absolute atomic E-state index is 0.137. The molecule has 0 saturated carbocycles. The second kappa shape index (κ2) is 8.64. The first-order valence-corrected chi connectivity index (χ1v) is 11.0. The summed E-state index contributed by atoms with van der Waals surface area (Å²) in [6.07, 6.45) is 5.99. The number of hydrogen-bond donors (Lipinski definition) is 1.